The van der Waals surface area contributed by atoms with Crippen LogP contribution in [0.4, 0.5) is 0 Å². The van der Waals surface area contributed by atoms with Crippen molar-refractivity contribution in [3.63, 3.8) is 0 Å². The molecular formula is C11H16ClNO. The molecule has 0 radical (unpaired) electrons. The molecule has 0 aliphatic carbocycles. The van der Waals surface area contributed by atoms with Crippen LogP contribution in [-0.4, -0.2) is 11.7 Å². The first-order valence-electron chi connectivity index (χ1n) is 4.81. The van der Waals surface area contributed by atoms with Crippen molar-refractivity contribution in [2.24, 2.45) is 5.73 Å². The minimum absolute atomic E-state index is 0.479. The van der Waals surface area contributed by atoms with E-state index >= 15 is 0 Å². The van der Waals surface area contributed by atoms with Crippen molar-refractivity contribution in [1.82, 2.24) is 0 Å². The van der Waals surface area contributed by atoms with Crippen molar-refractivity contribution in [1.29, 1.82) is 0 Å². The third-order valence-corrected chi connectivity index (χ3v) is 2.78. The van der Waals surface area contributed by atoms with Crippen molar-refractivity contribution in [2.45, 2.75) is 25.4 Å². The van der Waals surface area contributed by atoms with Crippen LogP contribution in [0, 0.1) is 0 Å². The third-order valence-electron chi connectivity index (χ3n) is 2.52. The maximum atomic E-state index is 10.3. The largest absolute Gasteiger partial charge is 0.385 e. The van der Waals surface area contributed by atoms with E-state index in [1.165, 1.54) is 0 Å². The van der Waals surface area contributed by atoms with Gasteiger partial charge in [0.05, 0.1) is 5.60 Å². The molecule has 1 aromatic rings. The van der Waals surface area contributed by atoms with Crippen LogP contribution in [0.2, 0.25) is 5.02 Å². The van der Waals surface area contributed by atoms with Crippen LogP contribution in [0.15, 0.2) is 24.3 Å². The molecule has 1 atom stereocenters. The Bertz CT molecular complexity index is 286. The Morgan fingerprint density at radius 3 is 2.36 bits per heavy atom. The van der Waals surface area contributed by atoms with Crippen molar-refractivity contribution in [3.8, 4) is 0 Å². The van der Waals surface area contributed by atoms with Crippen LogP contribution in [0.25, 0.3) is 0 Å². The minimum Gasteiger partial charge on any atom is -0.385 e. The lowest BCUT2D eigenvalue weighted by Crippen LogP contribution is -2.27. The van der Waals surface area contributed by atoms with Gasteiger partial charge in [0.15, 0.2) is 0 Å². The zero-order valence-electron chi connectivity index (χ0n) is 8.33. The summed E-state index contributed by atoms with van der Waals surface area (Å²) in [5.41, 5.74) is 5.55. The number of aliphatic hydroxyl groups is 1. The van der Waals surface area contributed by atoms with E-state index in [9.17, 15) is 5.11 Å². The highest BCUT2D eigenvalue weighted by atomic mass is 35.5. The van der Waals surface area contributed by atoms with Crippen LogP contribution in [0.1, 0.15) is 25.3 Å². The van der Waals surface area contributed by atoms with Gasteiger partial charge in [-0.2, -0.15) is 0 Å². The number of benzene rings is 1. The van der Waals surface area contributed by atoms with Gasteiger partial charge in [-0.05, 0) is 37.1 Å². The molecule has 2 nitrogen and oxygen atoms in total. The van der Waals surface area contributed by atoms with Gasteiger partial charge in [-0.1, -0.05) is 30.7 Å². The van der Waals surface area contributed by atoms with Crippen LogP contribution >= 0.6 is 11.6 Å². The fourth-order valence-corrected chi connectivity index (χ4v) is 1.65. The van der Waals surface area contributed by atoms with Crippen molar-refractivity contribution < 1.29 is 5.11 Å². The summed E-state index contributed by atoms with van der Waals surface area (Å²) >= 11 is 5.78. The minimum atomic E-state index is -0.806. The average Bonchev–Trinajstić information content (AvgIpc) is 2.19. The molecule has 0 bridgehead atoms. The number of nitrogens with two attached hydrogens (primary N) is 1. The molecule has 14 heavy (non-hydrogen) atoms. The SMILES string of the molecule is CCC(O)(CCN)c1ccc(Cl)cc1. The Labute approximate surface area is 89.7 Å². The van der Waals surface area contributed by atoms with E-state index in [0.717, 1.165) is 5.56 Å². The lowest BCUT2D eigenvalue weighted by atomic mass is 9.88. The van der Waals surface area contributed by atoms with E-state index in [4.69, 9.17) is 17.3 Å². The molecule has 0 saturated heterocycles. The topological polar surface area (TPSA) is 46.2 Å². The molecule has 0 saturated carbocycles. The van der Waals surface area contributed by atoms with Gasteiger partial charge in [0.1, 0.15) is 0 Å². The second-order valence-corrected chi connectivity index (χ2v) is 3.87. The van der Waals surface area contributed by atoms with Gasteiger partial charge in [0.2, 0.25) is 0 Å². The first-order chi connectivity index (χ1) is 6.62. The summed E-state index contributed by atoms with van der Waals surface area (Å²) < 4.78 is 0. The van der Waals surface area contributed by atoms with E-state index in [0.29, 0.717) is 24.4 Å². The zero-order valence-corrected chi connectivity index (χ0v) is 9.09. The first-order valence-corrected chi connectivity index (χ1v) is 5.18. The Hall–Kier alpha value is -0.570. The van der Waals surface area contributed by atoms with Gasteiger partial charge in [0.25, 0.3) is 0 Å². The van der Waals surface area contributed by atoms with Crippen molar-refractivity contribution >= 4 is 11.6 Å². The van der Waals surface area contributed by atoms with E-state index < -0.39 is 5.60 Å². The van der Waals surface area contributed by atoms with E-state index in [-0.39, 0.29) is 0 Å². The number of hydrogen-bond acceptors (Lipinski definition) is 2. The normalized spacial score (nSPS) is 15.1. The fraction of sp³-hybridized carbons (Fsp3) is 0.455. The quantitative estimate of drug-likeness (QED) is 0.806. The Morgan fingerprint density at radius 2 is 1.93 bits per heavy atom. The summed E-state index contributed by atoms with van der Waals surface area (Å²) in [6.45, 7) is 2.43. The van der Waals surface area contributed by atoms with E-state index in [1.54, 1.807) is 12.1 Å². The molecular weight excluding hydrogens is 198 g/mol. The Morgan fingerprint density at radius 1 is 1.36 bits per heavy atom. The second kappa shape index (κ2) is 4.78. The number of rotatable bonds is 4. The first kappa shape index (κ1) is 11.5. The lowest BCUT2D eigenvalue weighted by molar-refractivity contribution is 0.0259. The zero-order chi connectivity index (χ0) is 10.6. The average molecular weight is 214 g/mol. The Kier molecular flexibility index (Phi) is 3.93. The van der Waals surface area contributed by atoms with E-state index in [1.807, 2.05) is 19.1 Å². The van der Waals surface area contributed by atoms with Gasteiger partial charge >= 0.3 is 0 Å². The monoisotopic (exact) mass is 213 g/mol. The van der Waals surface area contributed by atoms with Crippen LogP contribution < -0.4 is 5.73 Å². The highest BCUT2D eigenvalue weighted by Crippen LogP contribution is 2.28. The highest BCUT2D eigenvalue weighted by Gasteiger charge is 2.25. The molecule has 1 rings (SSSR count). The Balaban J connectivity index is 2.94. The maximum Gasteiger partial charge on any atom is 0.0906 e. The summed E-state index contributed by atoms with van der Waals surface area (Å²) in [5.74, 6) is 0. The van der Waals surface area contributed by atoms with Crippen LogP contribution in [0.5, 0.6) is 0 Å². The summed E-state index contributed by atoms with van der Waals surface area (Å²) in [4.78, 5) is 0. The molecule has 0 fully saturated rings. The predicted octanol–water partition coefficient (Wildman–Crippen LogP) is 2.29. The molecule has 0 aliphatic rings. The van der Waals surface area contributed by atoms with Gasteiger partial charge in [0, 0.05) is 5.02 Å². The van der Waals surface area contributed by atoms with Gasteiger partial charge in [-0.25, -0.2) is 0 Å². The fourth-order valence-electron chi connectivity index (χ4n) is 1.52. The molecule has 78 valence electrons. The molecule has 3 N–H and O–H groups in total. The molecule has 1 unspecified atom stereocenters. The number of hydrogen-bond donors (Lipinski definition) is 2. The maximum absolute atomic E-state index is 10.3. The van der Waals surface area contributed by atoms with Gasteiger partial charge in [-0.15, -0.1) is 0 Å². The standard InChI is InChI=1S/C11H16ClNO/c1-2-11(14,7-8-13)9-3-5-10(12)6-4-9/h3-6,14H,2,7-8,13H2,1H3. The number of halogens is 1. The molecule has 0 heterocycles. The lowest BCUT2D eigenvalue weighted by Gasteiger charge is -2.26. The van der Waals surface area contributed by atoms with Crippen LogP contribution in [0.3, 0.4) is 0 Å². The van der Waals surface area contributed by atoms with Crippen molar-refractivity contribution in [3.05, 3.63) is 34.9 Å². The molecule has 0 spiro atoms. The van der Waals surface area contributed by atoms with Crippen molar-refractivity contribution in [2.75, 3.05) is 6.54 Å². The molecule has 1 aromatic carbocycles. The predicted molar refractivity (Wildman–Crippen MR) is 59.3 cm³/mol. The third kappa shape index (κ3) is 2.47. The highest BCUT2D eigenvalue weighted by molar-refractivity contribution is 6.30. The summed E-state index contributed by atoms with van der Waals surface area (Å²) in [7, 11) is 0. The molecule has 0 amide bonds. The smallest absolute Gasteiger partial charge is 0.0906 e. The second-order valence-electron chi connectivity index (χ2n) is 3.43. The molecule has 3 heteroatoms. The van der Waals surface area contributed by atoms with Gasteiger partial charge in [-0.3, -0.25) is 0 Å². The molecule has 0 aromatic heterocycles. The summed E-state index contributed by atoms with van der Waals surface area (Å²) in [6, 6.07) is 7.27. The van der Waals surface area contributed by atoms with E-state index in [2.05, 4.69) is 0 Å². The van der Waals surface area contributed by atoms with Gasteiger partial charge < -0.3 is 10.8 Å². The molecule has 0 aliphatic heterocycles. The summed E-state index contributed by atoms with van der Waals surface area (Å²) in [6.07, 6.45) is 1.23. The van der Waals surface area contributed by atoms with Crippen LogP contribution in [-0.2, 0) is 5.60 Å². The summed E-state index contributed by atoms with van der Waals surface area (Å²) in [5, 5.41) is 10.9.